The zero-order chi connectivity index (χ0) is 11.5. The summed E-state index contributed by atoms with van der Waals surface area (Å²) in [6, 6.07) is 18.6. The first-order valence-electron chi connectivity index (χ1n) is 5.44. The van der Waals surface area contributed by atoms with Gasteiger partial charge in [0.05, 0.1) is 5.69 Å². The van der Waals surface area contributed by atoms with E-state index in [9.17, 15) is 0 Å². The monoisotopic (exact) mass is 221 g/mol. The summed E-state index contributed by atoms with van der Waals surface area (Å²) in [6.07, 6.45) is 3.22. The van der Waals surface area contributed by atoms with Gasteiger partial charge in [-0.05, 0) is 23.3 Å². The van der Waals surface area contributed by atoms with Crippen molar-refractivity contribution in [2.24, 2.45) is 0 Å². The number of hydrogen-bond donors (Lipinski definition) is 0. The smallest absolute Gasteiger partial charge is 0.138 e. The molecule has 3 aromatic rings. The van der Waals surface area contributed by atoms with E-state index in [0.717, 1.165) is 5.69 Å². The first kappa shape index (κ1) is 9.78. The second-order valence-corrected chi connectivity index (χ2v) is 3.75. The highest BCUT2D eigenvalue weighted by molar-refractivity contribution is 5.64. The lowest BCUT2D eigenvalue weighted by Gasteiger charge is -2.03. The third kappa shape index (κ3) is 1.95. The van der Waals surface area contributed by atoms with Crippen LogP contribution in [0.1, 0.15) is 0 Å². The summed E-state index contributed by atoms with van der Waals surface area (Å²) in [5.74, 6) is 0. The molecule has 0 saturated heterocycles. The van der Waals surface area contributed by atoms with Gasteiger partial charge in [0.2, 0.25) is 0 Å². The molecule has 0 saturated carbocycles. The molecule has 0 aliphatic heterocycles. The lowest BCUT2D eigenvalue weighted by Crippen LogP contribution is -1.93. The summed E-state index contributed by atoms with van der Waals surface area (Å²) < 4.78 is 1.74. The van der Waals surface area contributed by atoms with E-state index in [1.807, 2.05) is 30.3 Å². The third-order valence-corrected chi connectivity index (χ3v) is 2.66. The molecule has 82 valence electrons. The molecule has 1 heterocycles. The van der Waals surface area contributed by atoms with Crippen LogP contribution in [0.15, 0.2) is 67.3 Å². The van der Waals surface area contributed by atoms with Crippen molar-refractivity contribution in [3.63, 3.8) is 0 Å². The van der Waals surface area contributed by atoms with E-state index in [1.165, 1.54) is 17.5 Å². The maximum atomic E-state index is 4.09. The number of nitrogens with zero attached hydrogens (tertiary/aromatic N) is 3. The molecule has 0 unspecified atom stereocenters. The highest BCUT2D eigenvalue weighted by atomic mass is 15.3. The van der Waals surface area contributed by atoms with Crippen LogP contribution in [0, 0.1) is 0 Å². The Kier molecular flexibility index (Phi) is 2.43. The first-order valence-corrected chi connectivity index (χ1v) is 5.44. The van der Waals surface area contributed by atoms with E-state index >= 15 is 0 Å². The quantitative estimate of drug-likeness (QED) is 0.666. The Morgan fingerprint density at radius 1 is 0.765 bits per heavy atom. The molecule has 0 aliphatic rings. The van der Waals surface area contributed by atoms with Crippen LogP contribution in [0.25, 0.3) is 16.8 Å². The van der Waals surface area contributed by atoms with Crippen molar-refractivity contribution in [3.05, 3.63) is 67.3 Å². The van der Waals surface area contributed by atoms with E-state index < -0.39 is 0 Å². The van der Waals surface area contributed by atoms with Gasteiger partial charge >= 0.3 is 0 Å². The summed E-state index contributed by atoms with van der Waals surface area (Å²) in [4.78, 5) is 3.93. The molecular formula is C14H11N3. The number of aromatic nitrogens is 3. The fourth-order valence-electron chi connectivity index (χ4n) is 1.78. The lowest BCUT2D eigenvalue weighted by atomic mass is 10.1. The van der Waals surface area contributed by atoms with E-state index in [0.29, 0.717) is 0 Å². The molecule has 0 amide bonds. The number of rotatable bonds is 2. The van der Waals surface area contributed by atoms with Crippen LogP contribution in [-0.2, 0) is 0 Å². The minimum Gasteiger partial charge on any atom is -0.223 e. The highest BCUT2D eigenvalue weighted by Crippen LogP contribution is 2.20. The summed E-state index contributed by atoms with van der Waals surface area (Å²) in [6.45, 7) is 0. The van der Waals surface area contributed by atoms with Crippen molar-refractivity contribution in [1.82, 2.24) is 14.8 Å². The van der Waals surface area contributed by atoms with Crippen molar-refractivity contribution < 1.29 is 0 Å². The summed E-state index contributed by atoms with van der Waals surface area (Å²) >= 11 is 0. The van der Waals surface area contributed by atoms with Gasteiger partial charge in [0.15, 0.2) is 0 Å². The Labute approximate surface area is 99.4 Å². The molecule has 0 aliphatic carbocycles. The minimum atomic E-state index is 1.02. The van der Waals surface area contributed by atoms with E-state index in [2.05, 4.69) is 34.3 Å². The Morgan fingerprint density at radius 2 is 1.47 bits per heavy atom. The van der Waals surface area contributed by atoms with Crippen LogP contribution in [-0.4, -0.2) is 14.8 Å². The molecule has 17 heavy (non-hydrogen) atoms. The zero-order valence-electron chi connectivity index (χ0n) is 9.19. The molecule has 0 fully saturated rings. The predicted octanol–water partition coefficient (Wildman–Crippen LogP) is 2.93. The standard InChI is InChI=1S/C14H11N3/c1-2-4-12(5-3-1)13-6-8-14(9-7-13)17-11-15-10-16-17/h1-11H. The second-order valence-electron chi connectivity index (χ2n) is 3.75. The van der Waals surface area contributed by atoms with Crippen molar-refractivity contribution in [1.29, 1.82) is 0 Å². The van der Waals surface area contributed by atoms with Gasteiger partial charge in [0, 0.05) is 0 Å². The van der Waals surface area contributed by atoms with Gasteiger partial charge in [-0.25, -0.2) is 9.67 Å². The molecule has 3 nitrogen and oxygen atoms in total. The molecule has 3 heteroatoms. The van der Waals surface area contributed by atoms with Crippen LogP contribution in [0.2, 0.25) is 0 Å². The Morgan fingerprint density at radius 3 is 2.12 bits per heavy atom. The van der Waals surface area contributed by atoms with Crippen LogP contribution >= 0.6 is 0 Å². The second kappa shape index (κ2) is 4.22. The Bertz CT molecular complexity index is 583. The SMILES string of the molecule is c1ccc(-c2ccc(-n3cncn3)cc2)cc1. The molecule has 0 bridgehead atoms. The van der Waals surface area contributed by atoms with Crippen LogP contribution in [0.3, 0.4) is 0 Å². The highest BCUT2D eigenvalue weighted by Gasteiger charge is 1.98. The topological polar surface area (TPSA) is 30.7 Å². The third-order valence-electron chi connectivity index (χ3n) is 2.66. The van der Waals surface area contributed by atoms with Crippen molar-refractivity contribution in [3.8, 4) is 16.8 Å². The molecule has 0 radical (unpaired) electrons. The molecule has 3 rings (SSSR count). The van der Waals surface area contributed by atoms with Gasteiger partial charge in [-0.3, -0.25) is 0 Å². The number of benzene rings is 2. The van der Waals surface area contributed by atoms with E-state index in [1.54, 1.807) is 11.0 Å². The molecule has 1 aromatic heterocycles. The van der Waals surface area contributed by atoms with Gasteiger partial charge < -0.3 is 0 Å². The average Bonchev–Trinajstić information content (AvgIpc) is 2.94. The normalized spacial score (nSPS) is 10.4. The summed E-state index contributed by atoms with van der Waals surface area (Å²) in [5, 5.41) is 4.09. The Balaban J connectivity index is 1.96. The van der Waals surface area contributed by atoms with Crippen molar-refractivity contribution in [2.75, 3.05) is 0 Å². The van der Waals surface area contributed by atoms with Gasteiger partial charge in [0.25, 0.3) is 0 Å². The van der Waals surface area contributed by atoms with E-state index in [-0.39, 0.29) is 0 Å². The van der Waals surface area contributed by atoms with Gasteiger partial charge in [-0.2, -0.15) is 5.10 Å². The van der Waals surface area contributed by atoms with Crippen LogP contribution in [0.4, 0.5) is 0 Å². The summed E-state index contributed by atoms with van der Waals surface area (Å²) in [7, 11) is 0. The van der Waals surface area contributed by atoms with Crippen LogP contribution < -0.4 is 0 Å². The van der Waals surface area contributed by atoms with Crippen molar-refractivity contribution in [2.45, 2.75) is 0 Å². The van der Waals surface area contributed by atoms with Gasteiger partial charge in [-0.15, -0.1) is 0 Å². The van der Waals surface area contributed by atoms with E-state index in [4.69, 9.17) is 0 Å². The molecular weight excluding hydrogens is 210 g/mol. The van der Waals surface area contributed by atoms with Gasteiger partial charge in [0.1, 0.15) is 12.7 Å². The molecule has 0 N–H and O–H groups in total. The fourth-order valence-corrected chi connectivity index (χ4v) is 1.78. The largest absolute Gasteiger partial charge is 0.223 e. The molecule has 0 atom stereocenters. The maximum absolute atomic E-state index is 4.09. The predicted molar refractivity (Wildman–Crippen MR) is 66.8 cm³/mol. The Hall–Kier alpha value is -2.42. The minimum absolute atomic E-state index is 1.02. The average molecular weight is 221 g/mol. The lowest BCUT2D eigenvalue weighted by molar-refractivity contribution is 0.879. The zero-order valence-corrected chi connectivity index (χ0v) is 9.19. The molecule has 2 aromatic carbocycles. The van der Waals surface area contributed by atoms with Crippen LogP contribution in [0.5, 0.6) is 0 Å². The fraction of sp³-hybridized carbons (Fsp3) is 0. The first-order chi connectivity index (χ1) is 8.43. The maximum Gasteiger partial charge on any atom is 0.138 e. The van der Waals surface area contributed by atoms with Gasteiger partial charge in [-0.1, -0.05) is 42.5 Å². The van der Waals surface area contributed by atoms with Crippen molar-refractivity contribution >= 4 is 0 Å². The molecule has 0 spiro atoms. The number of hydrogen-bond acceptors (Lipinski definition) is 2. The summed E-state index contributed by atoms with van der Waals surface area (Å²) in [5.41, 5.74) is 3.44.